The summed E-state index contributed by atoms with van der Waals surface area (Å²) in [5, 5.41) is 1.95. The van der Waals surface area contributed by atoms with Gasteiger partial charge in [-0.05, 0) is 81.2 Å². The number of nitrogens with one attached hydrogen (secondary N) is 1. The third-order valence-corrected chi connectivity index (χ3v) is 9.88. The van der Waals surface area contributed by atoms with Crippen LogP contribution in [0.5, 0.6) is 5.75 Å². The molecule has 11 heteroatoms. The second kappa shape index (κ2) is 10.5. The summed E-state index contributed by atoms with van der Waals surface area (Å²) in [5.74, 6) is 1.08. The molecule has 45 heavy (non-hydrogen) atoms. The average molecular weight is 611 g/mol. The Kier molecular flexibility index (Phi) is 6.90. The molecule has 234 valence electrons. The Morgan fingerprint density at radius 1 is 1.04 bits per heavy atom. The lowest BCUT2D eigenvalue weighted by atomic mass is 9.77. The smallest absolute Gasteiger partial charge is 0.488 e. The topological polar surface area (TPSA) is 129 Å². The third kappa shape index (κ3) is 4.84. The number of H-pyrrole nitrogens is 1. The van der Waals surface area contributed by atoms with Crippen LogP contribution in [0.15, 0.2) is 42.5 Å². The van der Waals surface area contributed by atoms with Crippen LogP contribution in [0.25, 0.3) is 32.9 Å². The van der Waals surface area contributed by atoms with Gasteiger partial charge in [-0.3, -0.25) is 4.79 Å². The summed E-state index contributed by atoms with van der Waals surface area (Å²) in [4.78, 5) is 35.2. The second-order valence-electron chi connectivity index (χ2n) is 13.7. The Hall–Kier alpha value is -4.09. The first kappa shape index (κ1) is 29.6. The number of aromatic nitrogens is 2. The number of fused-ring (bicyclic) bond motifs is 7. The van der Waals surface area contributed by atoms with Crippen LogP contribution in [-0.2, 0) is 25.4 Å². The molecule has 4 heterocycles. The van der Waals surface area contributed by atoms with E-state index in [9.17, 15) is 9.59 Å². The Bertz CT molecular complexity index is 1830. The molecule has 2 saturated heterocycles. The zero-order valence-electron chi connectivity index (χ0n) is 26.6. The van der Waals surface area contributed by atoms with Crippen LogP contribution >= 0.6 is 0 Å². The molecular weight excluding hydrogens is 571 g/mol. The number of carbonyl (C=O) groups excluding carboxylic acids is 2. The molecule has 2 atom stereocenters. The number of carbonyl (C=O) groups is 2. The van der Waals surface area contributed by atoms with Crippen LogP contribution in [-0.4, -0.2) is 57.8 Å². The number of hydrogen-bond donors (Lipinski definition) is 2. The molecule has 0 bridgehead atoms. The maximum absolute atomic E-state index is 13.5. The van der Waals surface area contributed by atoms with E-state index < -0.39 is 30.5 Å². The third-order valence-electron chi connectivity index (χ3n) is 9.88. The summed E-state index contributed by atoms with van der Waals surface area (Å²) < 4.78 is 24.2. The number of rotatable bonds is 5. The average Bonchev–Trinajstić information content (AvgIpc) is 3.70. The molecule has 3 aromatic carbocycles. The fourth-order valence-electron chi connectivity index (χ4n) is 6.74. The fraction of sp³-hybridized carbons (Fsp3) is 0.441. The van der Waals surface area contributed by atoms with Crippen molar-refractivity contribution < 1.29 is 28.4 Å². The van der Waals surface area contributed by atoms with Gasteiger partial charge in [-0.15, -0.1) is 0 Å². The first-order chi connectivity index (χ1) is 21.3. The maximum atomic E-state index is 13.5. The van der Waals surface area contributed by atoms with Crippen LogP contribution in [0, 0.1) is 5.92 Å². The molecule has 1 aromatic heterocycles. The van der Waals surface area contributed by atoms with Gasteiger partial charge < -0.3 is 34.4 Å². The van der Waals surface area contributed by atoms with Crippen molar-refractivity contribution in [2.45, 2.75) is 84.3 Å². The van der Waals surface area contributed by atoms with E-state index in [1.165, 1.54) is 0 Å². The van der Waals surface area contributed by atoms with Gasteiger partial charge >= 0.3 is 13.2 Å². The summed E-state index contributed by atoms with van der Waals surface area (Å²) >= 11 is 0. The molecule has 3 N–H and O–H groups in total. The van der Waals surface area contributed by atoms with Gasteiger partial charge in [-0.25, -0.2) is 9.78 Å². The van der Waals surface area contributed by atoms with E-state index in [2.05, 4.69) is 69.1 Å². The summed E-state index contributed by atoms with van der Waals surface area (Å²) in [6, 6.07) is 14.4. The van der Waals surface area contributed by atoms with Crippen molar-refractivity contribution in [3.63, 3.8) is 0 Å². The van der Waals surface area contributed by atoms with Crippen LogP contribution < -0.4 is 15.9 Å². The van der Waals surface area contributed by atoms with E-state index in [1.807, 2.05) is 19.9 Å². The first-order valence-electron chi connectivity index (χ1n) is 15.7. The standard InChI is InChI=1S/C34H39BN4O6/c1-18(2)28(43-32(36)41)31(40)39-15-7-8-26(39)30-37-25-14-13-24-22(27(25)38-30)11-12-23-21-10-9-20(16-19(21)17-42-29(23)24)35-44-33(3,4)34(5,6)45-35/h9-14,16,18,26,28H,7-8,15,17H2,1-6H3,(H2,36,41)(H,37,38)/t26-,28-/m0/s1. The highest BCUT2D eigenvalue weighted by Gasteiger charge is 2.51. The number of amides is 2. The number of imidazole rings is 1. The van der Waals surface area contributed by atoms with Gasteiger partial charge in [0.2, 0.25) is 0 Å². The molecule has 0 spiro atoms. The Morgan fingerprint density at radius 2 is 1.76 bits per heavy atom. The number of nitrogens with zero attached hydrogens (tertiary/aromatic N) is 2. The first-order valence-corrected chi connectivity index (χ1v) is 15.7. The normalized spacial score (nSPS) is 20.7. The van der Waals surface area contributed by atoms with Crippen LogP contribution in [0.1, 0.15) is 71.8 Å². The summed E-state index contributed by atoms with van der Waals surface area (Å²) in [6.45, 7) is 12.9. The highest BCUT2D eigenvalue weighted by molar-refractivity contribution is 6.62. The van der Waals surface area contributed by atoms with Gasteiger partial charge in [0, 0.05) is 22.9 Å². The number of likely N-dealkylation sites (tertiary alicyclic amines) is 1. The molecule has 4 aromatic rings. The van der Waals surface area contributed by atoms with Crippen molar-refractivity contribution in [2.24, 2.45) is 11.7 Å². The van der Waals surface area contributed by atoms with E-state index in [1.54, 1.807) is 4.90 Å². The molecule has 3 aliphatic rings. The lowest BCUT2D eigenvalue weighted by Gasteiger charge is -2.32. The van der Waals surface area contributed by atoms with Crippen molar-refractivity contribution in [1.82, 2.24) is 14.9 Å². The number of hydrogen-bond acceptors (Lipinski definition) is 7. The predicted molar refractivity (Wildman–Crippen MR) is 172 cm³/mol. The Morgan fingerprint density at radius 3 is 2.47 bits per heavy atom. The maximum Gasteiger partial charge on any atom is 0.494 e. The van der Waals surface area contributed by atoms with Crippen molar-refractivity contribution in [3.8, 4) is 16.9 Å². The van der Waals surface area contributed by atoms with Crippen molar-refractivity contribution >= 4 is 46.4 Å². The van der Waals surface area contributed by atoms with Crippen LogP contribution in [0.3, 0.4) is 0 Å². The van der Waals surface area contributed by atoms with Crippen molar-refractivity contribution in [1.29, 1.82) is 0 Å². The summed E-state index contributed by atoms with van der Waals surface area (Å²) in [6.07, 6.45) is -0.305. The van der Waals surface area contributed by atoms with E-state index in [0.29, 0.717) is 19.0 Å². The number of aromatic amines is 1. The summed E-state index contributed by atoms with van der Waals surface area (Å²) in [7, 11) is -0.432. The molecule has 3 aliphatic heterocycles. The number of primary amides is 1. The minimum Gasteiger partial charge on any atom is -0.488 e. The Balaban J connectivity index is 1.20. The molecular formula is C34H39BN4O6. The lowest BCUT2D eigenvalue weighted by Crippen LogP contribution is -2.44. The van der Waals surface area contributed by atoms with Gasteiger partial charge in [-0.2, -0.15) is 0 Å². The van der Waals surface area contributed by atoms with E-state index >= 15 is 0 Å². The highest BCUT2D eigenvalue weighted by atomic mass is 16.7. The van der Waals surface area contributed by atoms with Gasteiger partial charge in [0.1, 0.15) is 18.2 Å². The van der Waals surface area contributed by atoms with Crippen molar-refractivity contribution in [3.05, 3.63) is 53.9 Å². The molecule has 10 nitrogen and oxygen atoms in total. The molecule has 0 saturated carbocycles. The highest BCUT2D eigenvalue weighted by Crippen LogP contribution is 2.44. The quantitative estimate of drug-likeness (QED) is 0.291. The van der Waals surface area contributed by atoms with Gasteiger partial charge in [0.15, 0.2) is 6.10 Å². The minimum absolute atomic E-state index is 0.211. The van der Waals surface area contributed by atoms with Crippen LogP contribution in [0.2, 0.25) is 0 Å². The van der Waals surface area contributed by atoms with Gasteiger partial charge in [0.25, 0.3) is 5.91 Å². The van der Waals surface area contributed by atoms with E-state index in [-0.39, 0.29) is 17.9 Å². The number of ether oxygens (including phenoxy) is 2. The SMILES string of the molecule is CC(C)[C@H](OC(N)=O)C(=O)N1CCC[C@H]1c1nc2c(ccc3c4c(ccc32)-c2ccc(B3OC(C)(C)C(C)(C)O3)cc2CO4)[nH]1. The van der Waals surface area contributed by atoms with E-state index in [4.69, 9.17) is 29.5 Å². The summed E-state index contributed by atoms with van der Waals surface area (Å²) in [5.41, 5.74) is 10.4. The molecule has 0 aliphatic carbocycles. The molecule has 2 fully saturated rings. The zero-order chi connectivity index (χ0) is 31.8. The molecule has 2 amide bonds. The molecule has 7 rings (SSSR count). The second-order valence-corrected chi connectivity index (χ2v) is 13.7. The van der Waals surface area contributed by atoms with Crippen LogP contribution in [0.4, 0.5) is 4.79 Å². The van der Waals surface area contributed by atoms with Crippen molar-refractivity contribution in [2.75, 3.05) is 6.54 Å². The lowest BCUT2D eigenvalue weighted by molar-refractivity contribution is -0.143. The predicted octanol–water partition coefficient (Wildman–Crippen LogP) is 5.36. The van der Waals surface area contributed by atoms with E-state index in [0.717, 1.165) is 62.6 Å². The fourth-order valence-corrected chi connectivity index (χ4v) is 6.74. The zero-order valence-corrected chi connectivity index (χ0v) is 26.6. The Labute approximate surface area is 262 Å². The number of nitrogens with two attached hydrogens (primary N) is 1. The largest absolute Gasteiger partial charge is 0.494 e. The molecule has 0 radical (unpaired) electrons. The monoisotopic (exact) mass is 610 g/mol. The van der Waals surface area contributed by atoms with Gasteiger partial charge in [-0.1, -0.05) is 38.1 Å². The molecule has 0 unspecified atom stereocenters. The number of benzene rings is 3. The van der Waals surface area contributed by atoms with Gasteiger partial charge in [0.05, 0.1) is 28.3 Å². The minimum atomic E-state index is -0.952.